The third-order valence-electron chi connectivity index (χ3n) is 5.90. The maximum atomic E-state index is 15.0. The van der Waals surface area contributed by atoms with Crippen LogP contribution in [0.4, 0.5) is 4.39 Å². The number of amides is 1. The average Bonchev–Trinajstić information content (AvgIpc) is 2.84. The minimum absolute atomic E-state index is 0.0965. The van der Waals surface area contributed by atoms with Crippen molar-refractivity contribution in [2.75, 3.05) is 20.2 Å². The van der Waals surface area contributed by atoms with Gasteiger partial charge in [-0.25, -0.2) is 4.39 Å². The number of unbranched alkanes of at least 4 members (excludes halogenated alkanes) is 2. The van der Waals surface area contributed by atoms with E-state index < -0.39 is 0 Å². The second-order valence-electron chi connectivity index (χ2n) is 8.73. The predicted molar refractivity (Wildman–Crippen MR) is 138 cm³/mol. The maximum absolute atomic E-state index is 15.0. The molecule has 0 aliphatic rings. The predicted octanol–water partition coefficient (Wildman–Crippen LogP) is 7.31. The van der Waals surface area contributed by atoms with Crippen molar-refractivity contribution < 1.29 is 13.9 Å². The summed E-state index contributed by atoms with van der Waals surface area (Å²) in [6, 6.07) is 21.1. The number of carbonyl (C=O) groups excluding carboxylic acids is 1. The molecule has 4 heteroatoms. The highest BCUT2D eigenvalue weighted by Crippen LogP contribution is 2.29. The van der Waals surface area contributed by atoms with Gasteiger partial charge in [0.05, 0.1) is 6.54 Å². The number of halogens is 1. The van der Waals surface area contributed by atoms with Crippen LogP contribution in [0.25, 0.3) is 22.3 Å². The van der Waals surface area contributed by atoms with E-state index in [1.165, 1.54) is 24.8 Å². The molecule has 3 nitrogen and oxygen atoms in total. The molecule has 0 bridgehead atoms. The van der Waals surface area contributed by atoms with Gasteiger partial charge in [0.2, 0.25) is 5.91 Å². The lowest BCUT2D eigenvalue weighted by molar-refractivity contribution is -0.126. The van der Waals surface area contributed by atoms with E-state index in [9.17, 15) is 9.18 Å². The molecule has 0 unspecified atom stereocenters. The molecule has 0 atom stereocenters. The molecule has 0 spiro atoms. The molecule has 1 amide bonds. The largest absolute Gasteiger partial charge is 0.492 e. The molecule has 178 valence electrons. The van der Waals surface area contributed by atoms with Crippen LogP contribution in [0, 0.1) is 5.82 Å². The maximum Gasteiger partial charge on any atom is 0.248 e. The molecule has 0 radical (unpaired) electrons. The Balaban J connectivity index is 1.61. The lowest BCUT2D eigenvalue weighted by Crippen LogP contribution is -2.31. The topological polar surface area (TPSA) is 29.5 Å². The lowest BCUT2D eigenvalue weighted by atomic mass is 9.98. The number of benzene rings is 3. The van der Waals surface area contributed by atoms with Crippen LogP contribution in [0.15, 0.2) is 78.9 Å². The van der Waals surface area contributed by atoms with Gasteiger partial charge in [0, 0.05) is 18.2 Å². The van der Waals surface area contributed by atoms with Crippen LogP contribution in [0.1, 0.15) is 38.7 Å². The smallest absolute Gasteiger partial charge is 0.248 e. The molecule has 0 N–H and O–H groups in total. The highest BCUT2D eigenvalue weighted by atomic mass is 19.1. The molecule has 3 aromatic carbocycles. The zero-order valence-corrected chi connectivity index (χ0v) is 20.4. The number of hydrogen-bond donors (Lipinski definition) is 0. The standard InChI is InChI=1S/C30H34FNO2/c1-5-6-7-8-23-9-11-24(12-10-23)26-15-18-28(29(31)21-26)25-13-16-27(17-14-25)34-20-19-32(4)30(33)22(2)3/h9-18,21H,2,5-8,19-20H2,1,3-4H3. The van der Waals surface area contributed by atoms with Crippen molar-refractivity contribution in [2.24, 2.45) is 0 Å². The summed E-state index contributed by atoms with van der Waals surface area (Å²) in [5.74, 6) is 0.329. The molecule has 0 aromatic heterocycles. The molecule has 0 saturated carbocycles. The van der Waals surface area contributed by atoms with E-state index in [0.717, 1.165) is 23.1 Å². The van der Waals surface area contributed by atoms with Crippen LogP contribution in [-0.4, -0.2) is 31.0 Å². The fourth-order valence-corrected chi connectivity index (χ4v) is 3.83. The van der Waals surface area contributed by atoms with E-state index in [1.807, 2.05) is 36.4 Å². The Morgan fingerprint density at radius 2 is 1.59 bits per heavy atom. The molecular formula is C30H34FNO2. The Morgan fingerprint density at radius 3 is 2.21 bits per heavy atom. The molecule has 3 rings (SSSR count). The summed E-state index contributed by atoms with van der Waals surface area (Å²) >= 11 is 0. The van der Waals surface area contributed by atoms with Crippen LogP contribution in [0.3, 0.4) is 0 Å². The van der Waals surface area contributed by atoms with E-state index in [0.29, 0.717) is 30.0 Å². The van der Waals surface area contributed by atoms with Gasteiger partial charge in [-0.05, 0) is 60.2 Å². The molecule has 3 aromatic rings. The lowest BCUT2D eigenvalue weighted by Gasteiger charge is -2.17. The van der Waals surface area contributed by atoms with Crippen LogP contribution in [-0.2, 0) is 11.2 Å². The molecule has 0 aliphatic carbocycles. The number of hydrogen-bond acceptors (Lipinski definition) is 2. The van der Waals surface area contributed by atoms with E-state index >= 15 is 0 Å². The Labute approximate surface area is 202 Å². The highest BCUT2D eigenvalue weighted by molar-refractivity contribution is 5.91. The first-order valence-corrected chi connectivity index (χ1v) is 11.9. The van der Waals surface area contributed by atoms with Crippen molar-refractivity contribution in [3.05, 3.63) is 90.3 Å². The highest BCUT2D eigenvalue weighted by Gasteiger charge is 2.10. The van der Waals surface area contributed by atoms with Gasteiger partial charge in [-0.1, -0.05) is 74.9 Å². The molecule has 0 fully saturated rings. The first kappa shape index (κ1) is 25.2. The van der Waals surface area contributed by atoms with Gasteiger partial charge in [-0.3, -0.25) is 4.79 Å². The molecule has 0 aliphatic heterocycles. The van der Waals surface area contributed by atoms with Gasteiger partial charge in [-0.15, -0.1) is 0 Å². The molecular weight excluding hydrogens is 425 g/mol. The summed E-state index contributed by atoms with van der Waals surface area (Å²) < 4.78 is 20.7. The summed E-state index contributed by atoms with van der Waals surface area (Å²) in [4.78, 5) is 13.4. The fraction of sp³-hybridized carbons (Fsp3) is 0.300. The average molecular weight is 460 g/mol. The summed E-state index contributed by atoms with van der Waals surface area (Å²) in [6.45, 7) is 8.39. The number of nitrogens with zero attached hydrogens (tertiary/aromatic N) is 1. The van der Waals surface area contributed by atoms with Gasteiger partial charge in [-0.2, -0.15) is 0 Å². The summed E-state index contributed by atoms with van der Waals surface area (Å²) in [6.07, 6.45) is 4.75. The van der Waals surface area contributed by atoms with E-state index in [2.05, 4.69) is 37.8 Å². The molecule has 0 saturated heterocycles. The Bertz CT molecular complexity index is 1100. The van der Waals surface area contributed by atoms with Gasteiger partial charge in [0.25, 0.3) is 0 Å². The monoisotopic (exact) mass is 459 g/mol. The minimum Gasteiger partial charge on any atom is -0.492 e. The fourth-order valence-electron chi connectivity index (χ4n) is 3.83. The van der Waals surface area contributed by atoms with Crippen molar-refractivity contribution >= 4 is 5.91 Å². The van der Waals surface area contributed by atoms with Crippen molar-refractivity contribution in [2.45, 2.75) is 39.5 Å². The van der Waals surface area contributed by atoms with E-state index in [1.54, 1.807) is 24.9 Å². The van der Waals surface area contributed by atoms with Crippen LogP contribution in [0.5, 0.6) is 5.75 Å². The van der Waals surface area contributed by atoms with Crippen LogP contribution >= 0.6 is 0 Å². The Morgan fingerprint density at radius 1 is 0.941 bits per heavy atom. The van der Waals surface area contributed by atoms with E-state index in [4.69, 9.17) is 4.74 Å². The van der Waals surface area contributed by atoms with Crippen molar-refractivity contribution in [3.63, 3.8) is 0 Å². The molecule has 34 heavy (non-hydrogen) atoms. The van der Waals surface area contributed by atoms with Gasteiger partial charge >= 0.3 is 0 Å². The zero-order chi connectivity index (χ0) is 24.5. The molecule has 0 heterocycles. The third-order valence-corrected chi connectivity index (χ3v) is 5.90. The third kappa shape index (κ3) is 6.80. The number of aryl methyl sites for hydroxylation is 1. The Hall–Kier alpha value is -3.40. The SMILES string of the molecule is C=C(C)C(=O)N(C)CCOc1ccc(-c2ccc(-c3ccc(CCCCC)cc3)cc2F)cc1. The van der Waals surface area contributed by atoms with Crippen LogP contribution in [0.2, 0.25) is 0 Å². The normalized spacial score (nSPS) is 10.7. The quantitative estimate of drug-likeness (QED) is 0.222. The van der Waals surface area contributed by atoms with Crippen LogP contribution < -0.4 is 4.74 Å². The summed E-state index contributed by atoms with van der Waals surface area (Å²) in [5.41, 5.74) is 5.05. The van der Waals surface area contributed by atoms with Gasteiger partial charge in [0.15, 0.2) is 0 Å². The summed E-state index contributed by atoms with van der Waals surface area (Å²) in [7, 11) is 1.72. The second kappa shape index (κ2) is 12.2. The number of carbonyl (C=O) groups is 1. The van der Waals surface area contributed by atoms with Crippen molar-refractivity contribution in [3.8, 4) is 28.0 Å². The van der Waals surface area contributed by atoms with Gasteiger partial charge in [0.1, 0.15) is 18.2 Å². The number of likely N-dealkylation sites (N-methyl/N-ethyl adjacent to an activating group) is 1. The number of rotatable bonds is 11. The second-order valence-corrected chi connectivity index (χ2v) is 8.73. The van der Waals surface area contributed by atoms with Crippen molar-refractivity contribution in [1.29, 1.82) is 0 Å². The van der Waals surface area contributed by atoms with Gasteiger partial charge < -0.3 is 9.64 Å². The van der Waals surface area contributed by atoms with Crippen molar-refractivity contribution in [1.82, 2.24) is 4.90 Å². The first-order chi connectivity index (χ1) is 16.4. The number of ether oxygens (including phenoxy) is 1. The summed E-state index contributed by atoms with van der Waals surface area (Å²) in [5, 5.41) is 0. The minimum atomic E-state index is -0.252. The zero-order valence-electron chi connectivity index (χ0n) is 20.4. The van der Waals surface area contributed by atoms with E-state index in [-0.39, 0.29) is 11.7 Å². The first-order valence-electron chi connectivity index (χ1n) is 11.9. The Kier molecular flexibility index (Phi) is 9.03.